The van der Waals surface area contributed by atoms with Crippen LogP contribution in [0.5, 0.6) is 0 Å². The summed E-state index contributed by atoms with van der Waals surface area (Å²) < 4.78 is 13.7. The number of hydrogen-bond donors (Lipinski definition) is 1. The molecular weight excluding hydrogens is 329 g/mol. The Morgan fingerprint density at radius 1 is 1.28 bits per heavy atom. The molecule has 0 saturated carbocycles. The van der Waals surface area contributed by atoms with Gasteiger partial charge in [-0.1, -0.05) is 0 Å². The number of benzene rings is 2. The Morgan fingerprint density at radius 3 is 2.60 bits per heavy atom. The van der Waals surface area contributed by atoms with Crippen LogP contribution in [0.2, 0.25) is 0 Å². The third-order valence-corrected chi connectivity index (χ3v) is 3.90. The fourth-order valence-electron chi connectivity index (χ4n) is 2.71. The van der Waals surface area contributed by atoms with E-state index in [4.69, 9.17) is 0 Å². The van der Waals surface area contributed by atoms with Gasteiger partial charge in [0.1, 0.15) is 5.82 Å². The first kappa shape index (κ1) is 16.6. The van der Waals surface area contributed by atoms with E-state index in [0.29, 0.717) is 0 Å². The molecule has 0 aliphatic carbocycles. The van der Waals surface area contributed by atoms with Gasteiger partial charge in [-0.05, 0) is 37.3 Å². The summed E-state index contributed by atoms with van der Waals surface area (Å²) in [5, 5.41) is 13.5. The summed E-state index contributed by atoms with van der Waals surface area (Å²) in [7, 11) is 0. The molecule has 2 aromatic rings. The number of fused-ring (bicyclic) bond motifs is 1. The maximum Gasteiger partial charge on any atom is 0.269 e. The number of rotatable bonds is 2. The van der Waals surface area contributed by atoms with Gasteiger partial charge in [0.15, 0.2) is 0 Å². The van der Waals surface area contributed by atoms with E-state index >= 15 is 0 Å². The normalized spacial score (nSPS) is 16.6. The second-order valence-electron chi connectivity index (χ2n) is 5.76. The molecule has 1 aliphatic heterocycles. The van der Waals surface area contributed by atoms with Gasteiger partial charge in [-0.2, -0.15) is 0 Å². The number of nitro benzene ring substituents is 1. The summed E-state index contributed by atoms with van der Waals surface area (Å²) in [4.78, 5) is 36.5. The lowest BCUT2D eigenvalue weighted by atomic mass is 10.1. The number of hydrogen-bond acceptors (Lipinski definition) is 4. The van der Waals surface area contributed by atoms with Crippen LogP contribution in [0.3, 0.4) is 0 Å². The number of carbonyl (C=O) groups excluding carboxylic acids is 2. The number of carbonyl (C=O) groups is 2. The number of non-ortho nitro benzene ring substituents is 1. The molecule has 2 aromatic carbocycles. The van der Waals surface area contributed by atoms with E-state index in [-0.39, 0.29) is 41.0 Å². The number of anilines is 1. The standard InChI is InChI=1S/C17H14FN3O4/c1-10-9-20(15-8-12(18)4-7-14(15)16(22)19-10)17(23)11-2-5-13(6-3-11)21(24)25/h2-8,10H,9H2,1H3,(H,19,22)/t10-/m1/s1. The highest BCUT2D eigenvalue weighted by Gasteiger charge is 2.29. The predicted molar refractivity (Wildman–Crippen MR) is 88.1 cm³/mol. The molecule has 1 atom stereocenters. The number of nitrogens with one attached hydrogen (secondary N) is 1. The highest BCUT2D eigenvalue weighted by atomic mass is 19.1. The summed E-state index contributed by atoms with van der Waals surface area (Å²) in [6.45, 7) is 1.88. The van der Waals surface area contributed by atoms with Gasteiger partial charge in [-0.25, -0.2) is 4.39 Å². The Labute approximate surface area is 142 Å². The van der Waals surface area contributed by atoms with Crippen molar-refractivity contribution in [1.29, 1.82) is 0 Å². The Balaban J connectivity index is 2.03. The van der Waals surface area contributed by atoms with Crippen LogP contribution in [0.25, 0.3) is 0 Å². The van der Waals surface area contributed by atoms with Crippen molar-refractivity contribution in [1.82, 2.24) is 5.32 Å². The first-order chi connectivity index (χ1) is 11.9. The average Bonchev–Trinajstić information content (AvgIpc) is 2.70. The number of amides is 2. The first-order valence-electron chi connectivity index (χ1n) is 7.53. The zero-order valence-corrected chi connectivity index (χ0v) is 13.2. The molecule has 0 radical (unpaired) electrons. The third-order valence-electron chi connectivity index (χ3n) is 3.90. The van der Waals surface area contributed by atoms with Crippen molar-refractivity contribution in [3.63, 3.8) is 0 Å². The van der Waals surface area contributed by atoms with Crippen LogP contribution in [0, 0.1) is 15.9 Å². The Kier molecular flexibility index (Phi) is 4.18. The SMILES string of the molecule is C[C@@H]1CN(C(=O)c2ccc([N+](=O)[O-])cc2)c2cc(F)ccc2C(=O)N1. The molecule has 0 spiro atoms. The van der Waals surface area contributed by atoms with Crippen molar-refractivity contribution in [3.8, 4) is 0 Å². The molecule has 0 aromatic heterocycles. The van der Waals surface area contributed by atoms with Gasteiger partial charge < -0.3 is 10.2 Å². The fraction of sp³-hybridized carbons (Fsp3) is 0.176. The van der Waals surface area contributed by atoms with Crippen LogP contribution in [-0.4, -0.2) is 29.3 Å². The van der Waals surface area contributed by atoms with Crippen molar-refractivity contribution in [2.75, 3.05) is 11.4 Å². The molecule has 1 N–H and O–H groups in total. The minimum absolute atomic E-state index is 0.135. The minimum Gasteiger partial charge on any atom is -0.348 e. The molecular formula is C17H14FN3O4. The van der Waals surface area contributed by atoms with Gasteiger partial charge in [-0.3, -0.25) is 19.7 Å². The van der Waals surface area contributed by atoms with Gasteiger partial charge >= 0.3 is 0 Å². The van der Waals surface area contributed by atoms with Gasteiger partial charge in [-0.15, -0.1) is 0 Å². The van der Waals surface area contributed by atoms with Crippen molar-refractivity contribution in [2.24, 2.45) is 0 Å². The van der Waals surface area contributed by atoms with E-state index in [0.717, 1.165) is 12.1 Å². The van der Waals surface area contributed by atoms with Gasteiger partial charge in [0.05, 0.1) is 16.2 Å². The lowest BCUT2D eigenvalue weighted by Crippen LogP contribution is -2.41. The van der Waals surface area contributed by atoms with Crippen molar-refractivity contribution < 1.29 is 18.9 Å². The van der Waals surface area contributed by atoms with E-state index in [1.54, 1.807) is 6.92 Å². The maximum atomic E-state index is 13.7. The van der Waals surface area contributed by atoms with E-state index < -0.39 is 16.6 Å². The monoisotopic (exact) mass is 343 g/mol. The topological polar surface area (TPSA) is 92.6 Å². The molecule has 0 unspecified atom stereocenters. The van der Waals surface area contributed by atoms with Crippen LogP contribution in [-0.2, 0) is 0 Å². The molecule has 8 heteroatoms. The summed E-state index contributed by atoms with van der Waals surface area (Å²) >= 11 is 0. The van der Waals surface area contributed by atoms with Crippen molar-refractivity contribution in [3.05, 3.63) is 69.5 Å². The van der Waals surface area contributed by atoms with Crippen molar-refractivity contribution >= 4 is 23.2 Å². The summed E-state index contributed by atoms with van der Waals surface area (Å²) in [5.74, 6) is -1.42. The largest absolute Gasteiger partial charge is 0.348 e. The second kappa shape index (κ2) is 6.31. The number of nitrogens with zero attached hydrogens (tertiary/aromatic N) is 2. The zero-order valence-electron chi connectivity index (χ0n) is 13.2. The highest BCUT2D eigenvalue weighted by molar-refractivity contribution is 6.11. The first-order valence-corrected chi connectivity index (χ1v) is 7.53. The average molecular weight is 343 g/mol. The lowest BCUT2D eigenvalue weighted by molar-refractivity contribution is -0.384. The number of nitro groups is 1. The van der Waals surface area contributed by atoms with E-state index in [1.807, 2.05) is 0 Å². The molecule has 7 nitrogen and oxygen atoms in total. The summed E-state index contributed by atoms with van der Waals surface area (Å²) in [6, 6.07) is 8.40. The predicted octanol–water partition coefficient (Wildman–Crippen LogP) is 2.51. The Morgan fingerprint density at radius 2 is 1.96 bits per heavy atom. The molecule has 128 valence electrons. The van der Waals surface area contributed by atoms with Crippen LogP contribution >= 0.6 is 0 Å². The minimum atomic E-state index is -0.567. The Hall–Kier alpha value is -3.29. The quantitative estimate of drug-likeness (QED) is 0.670. The molecule has 2 amide bonds. The van der Waals surface area contributed by atoms with E-state index in [1.165, 1.54) is 35.2 Å². The van der Waals surface area contributed by atoms with Crippen LogP contribution in [0.4, 0.5) is 15.8 Å². The summed E-state index contributed by atoms with van der Waals surface area (Å²) in [6.07, 6.45) is 0. The third kappa shape index (κ3) is 3.18. The van der Waals surface area contributed by atoms with Gasteiger partial charge in [0.2, 0.25) is 0 Å². The van der Waals surface area contributed by atoms with Crippen molar-refractivity contribution in [2.45, 2.75) is 13.0 Å². The van der Waals surface area contributed by atoms with Crippen LogP contribution < -0.4 is 10.2 Å². The molecule has 3 rings (SSSR count). The zero-order chi connectivity index (χ0) is 18.1. The molecule has 25 heavy (non-hydrogen) atoms. The van der Waals surface area contributed by atoms with E-state index in [9.17, 15) is 24.1 Å². The summed E-state index contributed by atoms with van der Waals surface area (Å²) in [5.41, 5.74) is 0.442. The van der Waals surface area contributed by atoms with E-state index in [2.05, 4.69) is 5.32 Å². The molecule has 0 bridgehead atoms. The molecule has 0 saturated heterocycles. The van der Waals surface area contributed by atoms with Gasteiger partial charge in [0.25, 0.3) is 17.5 Å². The Bertz CT molecular complexity index is 867. The highest BCUT2D eigenvalue weighted by Crippen LogP contribution is 2.27. The fourth-order valence-corrected chi connectivity index (χ4v) is 2.71. The van der Waals surface area contributed by atoms with Gasteiger partial charge in [0, 0.05) is 30.3 Å². The number of halogens is 1. The lowest BCUT2D eigenvalue weighted by Gasteiger charge is -2.24. The second-order valence-corrected chi connectivity index (χ2v) is 5.76. The molecule has 1 heterocycles. The smallest absolute Gasteiger partial charge is 0.269 e. The molecule has 1 aliphatic rings. The maximum absolute atomic E-state index is 13.7. The van der Waals surface area contributed by atoms with Crippen LogP contribution in [0.1, 0.15) is 27.6 Å². The molecule has 0 fully saturated rings. The van der Waals surface area contributed by atoms with Crippen LogP contribution in [0.15, 0.2) is 42.5 Å².